The predicted molar refractivity (Wildman–Crippen MR) is 113 cm³/mol. The SMILES string of the molecule is CCC(CC)Oc1cc(C)nc(Oc2c(C)cc(C)cc2C)c1C(=O)N(C)C. The van der Waals surface area contributed by atoms with Crippen LogP contribution in [0.4, 0.5) is 0 Å². The number of hydrogen-bond donors (Lipinski definition) is 0. The van der Waals surface area contributed by atoms with Crippen molar-refractivity contribution in [2.75, 3.05) is 14.1 Å². The molecule has 1 heterocycles. The third-order valence-electron chi connectivity index (χ3n) is 4.71. The summed E-state index contributed by atoms with van der Waals surface area (Å²) in [5.41, 5.74) is 4.29. The summed E-state index contributed by atoms with van der Waals surface area (Å²) < 4.78 is 12.4. The minimum Gasteiger partial charge on any atom is -0.489 e. The molecule has 0 radical (unpaired) electrons. The molecule has 5 nitrogen and oxygen atoms in total. The Morgan fingerprint density at radius 3 is 2.11 bits per heavy atom. The van der Waals surface area contributed by atoms with Crippen molar-refractivity contribution in [2.45, 2.75) is 60.5 Å². The van der Waals surface area contributed by atoms with Crippen molar-refractivity contribution >= 4 is 5.91 Å². The van der Waals surface area contributed by atoms with Gasteiger partial charge in [-0.05, 0) is 51.7 Å². The van der Waals surface area contributed by atoms with E-state index < -0.39 is 0 Å². The molecular formula is C23H32N2O3. The molecule has 152 valence electrons. The summed E-state index contributed by atoms with van der Waals surface area (Å²) in [6.45, 7) is 12.1. The topological polar surface area (TPSA) is 51.7 Å². The van der Waals surface area contributed by atoms with Gasteiger partial charge in [-0.1, -0.05) is 31.5 Å². The molecule has 0 atom stereocenters. The van der Waals surface area contributed by atoms with E-state index in [-0.39, 0.29) is 17.9 Å². The van der Waals surface area contributed by atoms with Crippen LogP contribution < -0.4 is 9.47 Å². The number of hydrogen-bond acceptors (Lipinski definition) is 4. The van der Waals surface area contributed by atoms with Crippen LogP contribution in [-0.4, -0.2) is 36.0 Å². The lowest BCUT2D eigenvalue weighted by atomic mass is 10.1. The van der Waals surface area contributed by atoms with E-state index in [0.29, 0.717) is 11.3 Å². The maximum atomic E-state index is 13.0. The fraction of sp³-hybridized carbons (Fsp3) is 0.478. The Morgan fingerprint density at radius 2 is 1.61 bits per heavy atom. The molecule has 0 aliphatic heterocycles. The average Bonchev–Trinajstić information content (AvgIpc) is 2.61. The molecule has 0 saturated heterocycles. The molecule has 0 unspecified atom stereocenters. The largest absolute Gasteiger partial charge is 0.489 e. The first-order valence-electron chi connectivity index (χ1n) is 9.83. The van der Waals surface area contributed by atoms with Gasteiger partial charge in [0.25, 0.3) is 5.91 Å². The average molecular weight is 385 g/mol. The molecule has 0 N–H and O–H groups in total. The zero-order valence-electron chi connectivity index (χ0n) is 18.3. The highest BCUT2D eigenvalue weighted by atomic mass is 16.5. The number of pyridine rings is 1. The van der Waals surface area contributed by atoms with Crippen molar-refractivity contribution in [1.29, 1.82) is 0 Å². The lowest BCUT2D eigenvalue weighted by Crippen LogP contribution is -2.25. The Morgan fingerprint density at radius 1 is 1.04 bits per heavy atom. The zero-order valence-corrected chi connectivity index (χ0v) is 18.3. The van der Waals surface area contributed by atoms with E-state index in [4.69, 9.17) is 9.47 Å². The molecule has 28 heavy (non-hydrogen) atoms. The van der Waals surface area contributed by atoms with Crippen LogP contribution in [-0.2, 0) is 0 Å². The van der Waals surface area contributed by atoms with E-state index in [1.807, 2.05) is 26.8 Å². The third kappa shape index (κ3) is 4.83. The van der Waals surface area contributed by atoms with Crippen LogP contribution in [0.1, 0.15) is 59.4 Å². The molecule has 0 aliphatic carbocycles. The number of ether oxygens (including phenoxy) is 2. The van der Waals surface area contributed by atoms with Crippen LogP contribution in [0.3, 0.4) is 0 Å². The fourth-order valence-electron chi connectivity index (χ4n) is 3.26. The number of aromatic nitrogens is 1. The van der Waals surface area contributed by atoms with Gasteiger partial charge in [-0.25, -0.2) is 4.98 Å². The molecule has 1 aromatic heterocycles. The van der Waals surface area contributed by atoms with Gasteiger partial charge in [-0.3, -0.25) is 4.79 Å². The molecule has 0 fully saturated rings. The van der Waals surface area contributed by atoms with Gasteiger partial charge in [-0.2, -0.15) is 0 Å². The summed E-state index contributed by atoms with van der Waals surface area (Å²) in [6.07, 6.45) is 1.76. The summed E-state index contributed by atoms with van der Waals surface area (Å²) >= 11 is 0. The Hall–Kier alpha value is -2.56. The lowest BCUT2D eigenvalue weighted by Gasteiger charge is -2.22. The molecule has 2 rings (SSSR count). The van der Waals surface area contributed by atoms with Gasteiger partial charge >= 0.3 is 0 Å². The first kappa shape index (κ1) is 21.7. The van der Waals surface area contributed by atoms with E-state index in [1.165, 1.54) is 10.5 Å². The Bertz CT molecular complexity index is 832. The summed E-state index contributed by atoms with van der Waals surface area (Å²) in [7, 11) is 3.44. The van der Waals surface area contributed by atoms with Crippen molar-refractivity contribution < 1.29 is 14.3 Å². The first-order chi connectivity index (χ1) is 13.2. The highest BCUT2D eigenvalue weighted by molar-refractivity contribution is 5.99. The van der Waals surface area contributed by atoms with E-state index in [2.05, 4.69) is 37.9 Å². The minimum absolute atomic E-state index is 0.0335. The van der Waals surface area contributed by atoms with Crippen LogP contribution in [0.15, 0.2) is 18.2 Å². The second kappa shape index (κ2) is 9.09. The Balaban J connectivity index is 2.62. The van der Waals surface area contributed by atoms with Crippen molar-refractivity contribution in [2.24, 2.45) is 0 Å². The van der Waals surface area contributed by atoms with E-state index >= 15 is 0 Å². The van der Waals surface area contributed by atoms with Crippen LogP contribution in [0.5, 0.6) is 17.4 Å². The number of rotatable bonds is 7. The zero-order chi connectivity index (χ0) is 21.0. The van der Waals surface area contributed by atoms with Crippen LogP contribution in [0.25, 0.3) is 0 Å². The molecule has 5 heteroatoms. The normalized spacial score (nSPS) is 10.9. The standard InChI is InChI=1S/C23H32N2O3/c1-9-18(10-2)27-19-13-17(6)24-22(20(19)23(26)25(7)8)28-21-15(4)11-14(3)12-16(21)5/h11-13,18H,9-10H2,1-8H3. The van der Waals surface area contributed by atoms with E-state index in [1.54, 1.807) is 14.1 Å². The number of aryl methyl sites for hydroxylation is 4. The summed E-state index contributed by atoms with van der Waals surface area (Å²) in [6, 6.07) is 5.94. The van der Waals surface area contributed by atoms with Gasteiger partial charge in [-0.15, -0.1) is 0 Å². The smallest absolute Gasteiger partial charge is 0.262 e. The Kier molecular flexibility index (Phi) is 7.05. The van der Waals surface area contributed by atoms with Crippen LogP contribution in [0, 0.1) is 27.7 Å². The molecule has 0 saturated carbocycles. The number of carbonyl (C=O) groups excluding carboxylic acids is 1. The van der Waals surface area contributed by atoms with Gasteiger partial charge in [0, 0.05) is 25.9 Å². The molecule has 0 bridgehead atoms. The van der Waals surface area contributed by atoms with Gasteiger partial charge in [0.05, 0.1) is 6.10 Å². The second-order valence-electron chi connectivity index (χ2n) is 7.53. The maximum Gasteiger partial charge on any atom is 0.262 e. The maximum absolute atomic E-state index is 13.0. The number of nitrogens with zero attached hydrogens (tertiary/aromatic N) is 2. The van der Waals surface area contributed by atoms with Crippen molar-refractivity contribution in [1.82, 2.24) is 9.88 Å². The second-order valence-corrected chi connectivity index (χ2v) is 7.53. The molecular weight excluding hydrogens is 352 g/mol. The van der Waals surface area contributed by atoms with Gasteiger partial charge < -0.3 is 14.4 Å². The summed E-state index contributed by atoms with van der Waals surface area (Å²) in [4.78, 5) is 19.1. The minimum atomic E-state index is -0.189. The predicted octanol–water partition coefficient (Wildman–Crippen LogP) is 5.38. The quantitative estimate of drug-likeness (QED) is 0.643. The lowest BCUT2D eigenvalue weighted by molar-refractivity contribution is 0.0815. The fourth-order valence-corrected chi connectivity index (χ4v) is 3.26. The molecule has 2 aromatic rings. The van der Waals surface area contributed by atoms with Crippen molar-refractivity contribution in [3.63, 3.8) is 0 Å². The van der Waals surface area contributed by atoms with E-state index in [9.17, 15) is 4.79 Å². The molecule has 0 spiro atoms. The third-order valence-corrected chi connectivity index (χ3v) is 4.71. The van der Waals surface area contributed by atoms with Crippen LogP contribution >= 0.6 is 0 Å². The number of carbonyl (C=O) groups is 1. The Labute approximate surface area is 168 Å². The summed E-state index contributed by atoms with van der Waals surface area (Å²) in [5.74, 6) is 1.35. The highest BCUT2D eigenvalue weighted by Crippen LogP contribution is 2.36. The van der Waals surface area contributed by atoms with Gasteiger partial charge in [0.15, 0.2) is 0 Å². The van der Waals surface area contributed by atoms with Gasteiger partial charge in [0.2, 0.25) is 5.88 Å². The van der Waals surface area contributed by atoms with Crippen molar-refractivity contribution in [3.8, 4) is 17.4 Å². The molecule has 1 amide bonds. The monoisotopic (exact) mass is 384 g/mol. The van der Waals surface area contributed by atoms with Crippen LogP contribution in [0.2, 0.25) is 0 Å². The highest BCUT2D eigenvalue weighted by Gasteiger charge is 2.25. The number of amides is 1. The molecule has 0 aliphatic rings. The van der Waals surface area contributed by atoms with E-state index in [0.717, 1.165) is 35.4 Å². The first-order valence-corrected chi connectivity index (χ1v) is 9.83. The van der Waals surface area contributed by atoms with Gasteiger partial charge in [0.1, 0.15) is 17.1 Å². The molecule has 1 aromatic carbocycles. The number of benzene rings is 1. The van der Waals surface area contributed by atoms with Crippen molar-refractivity contribution in [3.05, 3.63) is 46.1 Å². The summed E-state index contributed by atoms with van der Waals surface area (Å²) in [5, 5.41) is 0.